The van der Waals surface area contributed by atoms with Crippen molar-refractivity contribution in [3.63, 3.8) is 0 Å². The molecule has 0 unspecified atom stereocenters. The summed E-state index contributed by atoms with van der Waals surface area (Å²) in [7, 11) is 0. The van der Waals surface area contributed by atoms with E-state index in [0.29, 0.717) is 16.2 Å². The van der Waals surface area contributed by atoms with Gasteiger partial charge in [0.25, 0.3) is 0 Å². The van der Waals surface area contributed by atoms with Crippen LogP contribution in [0.15, 0.2) is 21.3 Å². The lowest BCUT2D eigenvalue weighted by atomic mass is 10.4. The molecule has 2 rings (SSSR count). The van der Waals surface area contributed by atoms with Crippen LogP contribution in [0.25, 0.3) is 0 Å². The zero-order valence-corrected chi connectivity index (χ0v) is 9.95. The Kier molecular flexibility index (Phi) is 3.14. The standard InChI is InChI=1S/C9H8BrFN4O/c1-5-14-8(15-16-5)4-13-9-7(11)2-6(10)3-12-9/h2-3H,4H2,1H3,(H,12,13). The number of rotatable bonds is 3. The SMILES string of the molecule is Cc1nc(CNc2ncc(Br)cc2F)no1. The van der Waals surface area contributed by atoms with Crippen LogP contribution in [0.3, 0.4) is 0 Å². The number of hydrogen-bond donors (Lipinski definition) is 1. The van der Waals surface area contributed by atoms with Gasteiger partial charge in [-0.05, 0) is 22.0 Å². The first-order valence-corrected chi connectivity index (χ1v) is 5.28. The van der Waals surface area contributed by atoms with Crippen LogP contribution in [0.1, 0.15) is 11.7 Å². The zero-order valence-electron chi connectivity index (χ0n) is 8.37. The van der Waals surface area contributed by atoms with E-state index in [4.69, 9.17) is 4.52 Å². The molecule has 5 nitrogen and oxygen atoms in total. The van der Waals surface area contributed by atoms with Crippen molar-refractivity contribution in [3.8, 4) is 0 Å². The van der Waals surface area contributed by atoms with E-state index in [1.165, 1.54) is 12.3 Å². The van der Waals surface area contributed by atoms with Crippen molar-refractivity contribution < 1.29 is 8.91 Å². The Labute approximate surface area is 99.2 Å². The summed E-state index contributed by atoms with van der Waals surface area (Å²) in [5.41, 5.74) is 0. The summed E-state index contributed by atoms with van der Waals surface area (Å²) in [6.45, 7) is 1.96. The molecule has 0 bridgehead atoms. The van der Waals surface area contributed by atoms with Crippen molar-refractivity contribution in [2.75, 3.05) is 5.32 Å². The molecule has 0 spiro atoms. The van der Waals surface area contributed by atoms with Gasteiger partial charge in [-0.25, -0.2) is 9.37 Å². The number of nitrogens with zero attached hydrogens (tertiary/aromatic N) is 3. The molecule has 2 aromatic heterocycles. The summed E-state index contributed by atoms with van der Waals surface area (Å²) in [4.78, 5) is 7.85. The van der Waals surface area contributed by atoms with Gasteiger partial charge in [0.15, 0.2) is 17.5 Å². The highest BCUT2D eigenvalue weighted by Crippen LogP contribution is 2.16. The highest BCUT2D eigenvalue weighted by Gasteiger charge is 2.06. The van der Waals surface area contributed by atoms with Crippen LogP contribution in [0.5, 0.6) is 0 Å². The van der Waals surface area contributed by atoms with E-state index in [-0.39, 0.29) is 12.4 Å². The average Bonchev–Trinajstić information content (AvgIpc) is 2.63. The van der Waals surface area contributed by atoms with Gasteiger partial charge in [-0.15, -0.1) is 0 Å². The predicted molar refractivity (Wildman–Crippen MR) is 58.3 cm³/mol. The molecule has 0 fully saturated rings. The largest absolute Gasteiger partial charge is 0.360 e. The summed E-state index contributed by atoms with van der Waals surface area (Å²) < 4.78 is 18.7. The first kappa shape index (κ1) is 11.0. The van der Waals surface area contributed by atoms with Crippen LogP contribution in [-0.2, 0) is 6.54 Å². The Morgan fingerprint density at radius 2 is 2.38 bits per heavy atom. The van der Waals surface area contributed by atoms with Gasteiger partial charge in [-0.2, -0.15) is 4.98 Å². The molecule has 0 aromatic carbocycles. The average molecular weight is 287 g/mol. The van der Waals surface area contributed by atoms with Crippen molar-refractivity contribution >= 4 is 21.7 Å². The Morgan fingerprint density at radius 1 is 1.56 bits per heavy atom. The first-order valence-electron chi connectivity index (χ1n) is 4.49. The lowest BCUT2D eigenvalue weighted by molar-refractivity contribution is 0.388. The van der Waals surface area contributed by atoms with E-state index in [1.54, 1.807) is 6.92 Å². The van der Waals surface area contributed by atoms with Crippen molar-refractivity contribution in [1.29, 1.82) is 0 Å². The third kappa shape index (κ3) is 2.54. The maximum absolute atomic E-state index is 13.3. The van der Waals surface area contributed by atoms with Gasteiger partial charge in [-0.3, -0.25) is 0 Å². The number of anilines is 1. The molecule has 1 N–H and O–H groups in total. The van der Waals surface area contributed by atoms with Gasteiger partial charge >= 0.3 is 0 Å². The Morgan fingerprint density at radius 3 is 3.00 bits per heavy atom. The van der Waals surface area contributed by atoms with Crippen molar-refractivity contribution in [3.05, 3.63) is 34.3 Å². The molecule has 0 saturated heterocycles. The normalized spacial score (nSPS) is 10.4. The Hall–Kier alpha value is -1.50. The smallest absolute Gasteiger partial charge is 0.223 e. The molecule has 0 radical (unpaired) electrons. The Balaban J connectivity index is 2.04. The highest BCUT2D eigenvalue weighted by molar-refractivity contribution is 9.10. The lowest BCUT2D eigenvalue weighted by Crippen LogP contribution is -2.04. The van der Waals surface area contributed by atoms with E-state index in [2.05, 4.69) is 36.4 Å². The van der Waals surface area contributed by atoms with Gasteiger partial charge in [0.1, 0.15) is 0 Å². The second kappa shape index (κ2) is 4.56. The highest BCUT2D eigenvalue weighted by atomic mass is 79.9. The van der Waals surface area contributed by atoms with Crippen LogP contribution in [0.4, 0.5) is 10.2 Å². The lowest BCUT2D eigenvalue weighted by Gasteiger charge is -2.03. The summed E-state index contributed by atoms with van der Waals surface area (Å²) in [6, 6.07) is 1.33. The van der Waals surface area contributed by atoms with Crippen LogP contribution in [-0.4, -0.2) is 15.1 Å². The number of pyridine rings is 1. The van der Waals surface area contributed by atoms with Crippen LogP contribution in [0.2, 0.25) is 0 Å². The van der Waals surface area contributed by atoms with Gasteiger partial charge in [0.05, 0.1) is 6.54 Å². The number of aryl methyl sites for hydroxylation is 1. The number of nitrogens with one attached hydrogen (secondary N) is 1. The van der Waals surface area contributed by atoms with Gasteiger partial charge in [0.2, 0.25) is 5.89 Å². The molecule has 7 heteroatoms. The molecule has 0 aliphatic rings. The third-order valence-electron chi connectivity index (χ3n) is 1.79. The van der Waals surface area contributed by atoms with E-state index < -0.39 is 5.82 Å². The fraction of sp³-hybridized carbons (Fsp3) is 0.222. The van der Waals surface area contributed by atoms with Crippen LogP contribution in [0, 0.1) is 12.7 Å². The first-order chi connectivity index (χ1) is 7.65. The zero-order chi connectivity index (χ0) is 11.5. The second-order valence-corrected chi connectivity index (χ2v) is 3.98. The number of hydrogen-bond acceptors (Lipinski definition) is 5. The summed E-state index contributed by atoms with van der Waals surface area (Å²) in [5.74, 6) is 0.655. The Bertz CT molecular complexity index is 502. The molecule has 16 heavy (non-hydrogen) atoms. The van der Waals surface area contributed by atoms with Gasteiger partial charge in [-0.1, -0.05) is 5.16 Å². The fourth-order valence-electron chi connectivity index (χ4n) is 1.12. The molecule has 2 heterocycles. The predicted octanol–water partition coefficient (Wildman–Crippen LogP) is 2.29. The minimum absolute atomic E-state index is 0.158. The molecule has 0 amide bonds. The van der Waals surface area contributed by atoms with Crippen molar-refractivity contribution in [2.24, 2.45) is 0 Å². The maximum Gasteiger partial charge on any atom is 0.223 e. The van der Waals surface area contributed by atoms with E-state index in [1.807, 2.05) is 0 Å². The van der Waals surface area contributed by atoms with Gasteiger partial charge < -0.3 is 9.84 Å². The molecule has 0 aliphatic heterocycles. The third-order valence-corrected chi connectivity index (χ3v) is 2.23. The fourth-order valence-corrected chi connectivity index (χ4v) is 1.42. The van der Waals surface area contributed by atoms with E-state index in [0.717, 1.165) is 0 Å². The van der Waals surface area contributed by atoms with E-state index >= 15 is 0 Å². The number of aromatic nitrogens is 3. The summed E-state index contributed by atoms with van der Waals surface area (Å²) in [5, 5.41) is 6.45. The topological polar surface area (TPSA) is 63.8 Å². The van der Waals surface area contributed by atoms with Crippen LogP contribution < -0.4 is 5.32 Å². The summed E-state index contributed by atoms with van der Waals surface area (Å²) >= 11 is 3.13. The molecule has 0 aliphatic carbocycles. The maximum atomic E-state index is 13.3. The van der Waals surface area contributed by atoms with Crippen molar-refractivity contribution in [2.45, 2.75) is 13.5 Å². The minimum Gasteiger partial charge on any atom is -0.360 e. The van der Waals surface area contributed by atoms with Gasteiger partial charge in [0, 0.05) is 17.6 Å². The monoisotopic (exact) mass is 286 g/mol. The summed E-state index contributed by atoms with van der Waals surface area (Å²) in [6.07, 6.45) is 1.51. The molecule has 0 atom stereocenters. The quantitative estimate of drug-likeness (QED) is 0.938. The molecule has 0 saturated carbocycles. The molecular weight excluding hydrogens is 279 g/mol. The van der Waals surface area contributed by atoms with E-state index in [9.17, 15) is 4.39 Å². The minimum atomic E-state index is -0.436. The second-order valence-electron chi connectivity index (χ2n) is 3.07. The molecular formula is C9H8BrFN4O. The number of halogens is 2. The van der Waals surface area contributed by atoms with Crippen molar-refractivity contribution in [1.82, 2.24) is 15.1 Å². The molecule has 84 valence electrons. The van der Waals surface area contributed by atoms with Crippen LogP contribution >= 0.6 is 15.9 Å². The molecule has 2 aromatic rings.